The molecule has 5 nitrogen and oxygen atoms in total. The zero-order valence-electron chi connectivity index (χ0n) is 11.6. The predicted molar refractivity (Wildman–Crippen MR) is 76.4 cm³/mol. The highest BCUT2D eigenvalue weighted by Gasteiger charge is 2.51. The number of rotatable bonds is 1. The summed E-state index contributed by atoms with van der Waals surface area (Å²) in [5, 5.41) is 0. The van der Waals surface area contributed by atoms with E-state index in [1.54, 1.807) is 6.20 Å². The van der Waals surface area contributed by atoms with Crippen LogP contribution in [0.25, 0.3) is 0 Å². The molecule has 0 bridgehead atoms. The molecule has 2 aliphatic rings. The first-order chi connectivity index (χ1) is 9.39. The molecule has 1 fully saturated rings. The van der Waals surface area contributed by atoms with E-state index in [0.717, 1.165) is 0 Å². The Balaban J connectivity index is 2.34. The van der Waals surface area contributed by atoms with E-state index in [4.69, 9.17) is 9.47 Å². The fraction of sp³-hybridized carbons (Fsp3) is 0.571. The molecular weight excluding hydrogens is 326 g/mol. The van der Waals surface area contributed by atoms with Crippen LogP contribution in [0.2, 0.25) is 0 Å². The molecule has 2 aliphatic heterocycles. The fourth-order valence-corrected chi connectivity index (χ4v) is 3.63. The summed E-state index contributed by atoms with van der Waals surface area (Å²) in [5.74, 6) is 0.162. The zero-order chi connectivity index (χ0) is 14.7. The number of ketones is 1. The van der Waals surface area contributed by atoms with Crippen LogP contribution < -0.4 is 10.2 Å². The van der Waals surface area contributed by atoms with Gasteiger partial charge in [-0.1, -0.05) is 13.8 Å². The third-order valence-electron chi connectivity index (χ3n) is 4.49. The van der Waals surface area contributed by atoms with E-state index >= 15 is 0 Å². The monoisotopic (exact) mass is 341 g/mol. The molecule has 0 saturated carbocycles. The Morgan fingerprint density at radius 2 is 2.10 bits per heavy atom. The van der Waals surface area contributed by atoms with Gasteiger partial charge in [0, 0.05) is 17.5 Å². The zero-order valence-corrected chi connectivity index (χ0v) is 13.2. The van der Waals surface area contributed by atoms with E-state index in [1.165, 1.54) is 7.11 Å². The normalized spacial score (nSPS) is 27.1. The van der Waals surface area contributed by atoms with Gasteiger partial charge in [-0.05, 0) is 15.9 Å². The van der Waals surface area contributed by atoms with Gasteiger partial charge in [-0.2, -0.15) is 0 Å². The Hall–Kier alpha value is -1.14. The molecule has 1 aromatic rings. The van der Waals surface area contributed by atoms with Crippen LogP contribution in [0.3, 0.4) is 0 Å². The van der Waals surface area contributed by atoms with Crippen molar-refractivity contribution in [3.8, 4) is 5.75 Å². The molecule has 1 saturated heterocycles. The van der Waals surface area contributed by atoms with Gasteiger partial charge in [0.1, 0.15) is 5.69 Å². The first-order valence-electron chi connectivity index (χ1n) is 6.50. The van der Waals surface area contributed by atoms with Crippen molar-refractivity contribution >= 4 is 21.7 Å². The summed E-state index contributed by atoms with van der Waals surface area (Å²) >= 11 is 3.25. The van der Waals surface area contributed by atoms with Crippen LogP contribution in [-0.2, 0) is 4.74 Å². The summed E-state index contributed by atoms with van der Waals surface area (Å²) in [4.78, 5) is 25.0. The molecular formula is C14H16BrNO4. The molecule has 20 heavy (non-hydrogen) atoms. The Bertz CT molecular complexity index is 649. The summed E-state index contributed by atoms with van der Waals surface area (Å²) in [7, 11) is 1.42. The molecule has 0 amide bonds. The number of carbonyl (C=O) groups excluding carboxylic acids is 1. The number of halogens is 1. The number of nitrogens with zero attached hydrogens (tertiary/aromatic N) is 1. The van der Waals surface area contributed by atoms with Crippen molar-refractivity contribution in [3.05, 3.63) is 26.6 Å². The lowest BCUT2D eigenvalue weighted by Gasteiger charge is -2.40. The van der Waals surface area contributed by atoms with Crippen molar-refractivity contribution in [1.82, 2.24) is 4.57 Å². The quantitative estimate of drug-likeness (QED) is 0.784. The summed E-state index contributed by atoms with van der Waals surface area (Å²) in [5.41, 5.74) is -0.493. The van der Waals surface area contributed by atoms with Gasteiger partial charge in [-0.25, -0.2) is 0 Å². The third-order valence-corrected chi connectivity index (χ3v) is 5.05. The largest absolute Gasteiger partial charge is 0.491 e. The Morgan fingerprint density at radius 3 is 2.75 bits per heavy atom. The van der Waals surface area contributed by atoms with Crippen molar-refractivity contribution in [1.29, 1.82) is 0 Å². The maximum atomic E-state index is 12.8. The lowest BCUT2D eigenvalue weighted by Crippen LogP contribution is -2.45. The van der Waals surface area contributed by atoms with Crippen molar-refractivity contribution in [3.63, 3.8) is 0 Å². The lowest BCUT2D eigenvalue weighted by atomic mass is 9.69. The maximum absolute atomic E-state index is 12.8. The molecule has 3 rings (SSSR count). The molecule has 0 unspecified atom stereocenters. The summed E-state index contributed by atoms with van der Waals surface area (Å²) < 4.78 is 13.0. The molecule has 1 aromatic heterocycles. The van der Waals surface area contributed by atoms with E-state index in [0.29, 0.717) is 23.4 Å². The van der Waals surface area contributed by atoms with Crippen molar-refractivity contribution in [2.75, 3.05) is 20.3 Å². The van der Waals surface area contributed by atoms with Gasteiger partial charge in [0.15, 0.2) is 11.5 Å². The first kappa shape index (κ1) is 13.8. The smallest absolute Gasteiger partial charge is 0.238 e. The number of ether oxygens (including phenoxy) is 2. The summed E-state index contributed by atoms with van der Waals surface area (Å²) in [6.07, 6.45) is 1.68. The minimum absolute atomic E-state index is 0.0588. The van der Waals surface area contributed by atoms with Gasteiger partial charge < -0.3 is 14.0 Å². The van der Waals surface area contributed by atoms with E-state index < -0.39 is 5.41 Å². The minimum atomic E-state index is -0.561. The number of hydrogen-bond acceptors (Lipinski definition) is 4. The van der Waals surface area contributed by atoms with E-state index in [-0.39, 0.29) is 28.9 Å². The molecule has 108 valence electrons. The van der Waals surface area contributed by atoms with Gasteiger partial charge in [0.25, 0.3) is 0 Å². The van der Waals surface area contributed by atoms with Gasteiger partial charge in [0.05, 0.1) is 30.8 Å². The van der Waals surface area contributed by atoms with Crippen LogP contribution >= 0.6 is 15.9 Å². The molecule has 0 radical (unpaired) electrons. The molecule has 0 aromatic carbocycles. The first-order valence-corrected chi connectivity index (χ1v) is 7.30. The minimum Gasteiger partial charge on any atom is -0.491 e. The number of pyridine rings is 1. The number of hydrogen-bond donors (Lipinski definition) is 0. The van der Waals surface area contributed by atoms with Gasteiger partial charge in [0.2, 0.25) is 5.43 Å². The number of methoxy groups -OCH3 is 1. The molecule has 3 heterocycles. The lowest BCUT2D eigenvalue weighted by molar-refractivity contribution is 0.0607. The highest BCUT2D eigenvalue weighted by molar-refractivity contribution is 9.10. The number of aromatic nitrogens is 1. The summed E-state index contributed by atoms with van der Waals surface area (Å²) in [6, 6.07) is 0.0588. The number of fused-ring (bicyclic) bond motifs is 3. The van der Waals surface area contributed by atoms with E-state index in [9.17, 15) is 9.59 Å². The van der Waals surface area contributed by atoms with E-state index in [2.05, 4.69) is 15.9 Å². The van der Waals surface area contributed by atoms with Crippen molar-refractivity contribution in [2.45, 2.75) is 19.9 Å². The van der Waals surface area contributed by atoms with Crippen LogP contribution in [0.5, 0.6) is 5.75 Å². The average Bonchev–Trinajstić information content (AvgIpc) is 2.89. The maximum Gasteiger partial charge on any atom is 0.238 e. The SMILES string of the molecule is COc1c2n(cc(Br)c1=O)[C@@H]1COC[C@@H]1C(C)(C)C2=O. The molecule has 0 N–H and O–H groups in total. The van der Waals surface area contributed by atoms with Crippen LogP contribution in [0.15, 0.2) is 15.5 Å². The topological polar surface area (TPSA) is 57.5 Å². The van der Waals surface area contributed by atoms with Crippen molar-refractivity contribution in [2.24, 2.45) is 11.3 Å². The summed E-state index contributed by atoms with van der Waals surface area (Å²) in [6.45, 7) is 4.94. The van der Waals surface area contributed by atoms with Crippen LogP contribution in [0, 0.1) is 11.3 Å². The Kier molecular flexibility index (Phi) is 3.06. The fourth-order valence-electron chi connectivity index (χ4n) is 3.23. The highest BCUT2D eigenvalue weighted by Crippen LogP contribution is 2.47. The second-order valence-electron chi connectivity index (χ2n) is 5.86. The number of carbonyl (C=O) groups is 1. The van der Waals surface area contributed by atoms with Gasteiger partial charge in [-0.15, -0.1) is 0 Å². The Morgan fingerprint density at radius 1 is 1.40 bits per heavy atom. The second-order valence-corrected chi connectivity index (χ2v) is 6.71. The molecule has 0 aliphatic carbocycles. The molecule has 6 heteroatoms. The van der Waals surface area contributed by atoms with Crippen LogP contribution in [0.1, 0.15) is 30.4 Å². The number of Topliss-reactive ketones (excluding diaryl/α,β-unsaturated/α-hetero) is 1. The second kappa shape index (κ2) is 4.43. The Labute approximate surface area is 125 Å². The average molecular weight is 342 g/mol. The van der Waals surface area contributed by atoms with E-state index in [1.807, 2.05) is 18.4 Å². The predicted octanol–water partition coefficient (Wildman–Crippen LogP) is 2.03. The van der Waals surface area contributed by atoms with Crippen molar-refractivity contribution < 1.29 is 14.3 Å². The van der Waals surface area contributed by atoms with Crippen LogP contribution in [0.4, 0.5) is 0 Å². The standard InChI is InChI=1S/C14H16BrNO4/c1-14(2)7-5-20-6-9(7)16-4-8(15)11(17)12(19-3)10(16)13(14)18/h4,7,9H,5-6H2,1-3H3/t7-,9+/m0/s1. The third kappa shape index (κ3) is 1.64. The van der Waals surface area contributed by atoms with Crippen LogP contribution in [-0.4, -0.2) is 30.7 Å². The van der Waals surface area contributed by atoms with Gasteiger partial charge in [-0.3, -0.25) is 9.59 Å². The molecule has 2 atom stereocenters. The molecule has 0 spiro atoms. The highest BCUT2D eigenvalue weighted by atomic mass is 79.9. The van der Waals surface area contributed by atoms with Gasteiger partial charge >= 0.3 is 0 Å².